The smallest absolute Gasteiger partial charge is 0.272 e. The van der Waals surface area contributed by atoms with E-state index in [1.165, 1.54) is 4.52 Å². The van der Waals surface area contributed by atoms with E-state index in [1.807, 2.05) is 0 Å². The van der Waals surface area contributed by atoms with E-state index in [9.17, 15) is 4.79 Å². The van der Waals surface area contributed by atoms with Crippen LogP contribution in [0.25, 0.3) is 5.65 Å². The number of nitrogens with zero attached hydrogens (tertiary/aromatic N) is 5. The normalized spacial score (nSPS) is 21.8. The molecule has 2 fully saturated rings. The third-order valence-electron chi connectivity index (χ3n) is 4.84. The topological polar surface area (TPSA) is 92.3 Å². The van der Waals surface area contributed by atoms with Gasteiger partial charge in [0.05, 0.1) is 11.7 Å². The Kier molecular flexibility index (Phi) is 3.05. The largest absolute Gasteiger partial charge is 0.339 e. The minimum absolute atomic E-state index is 0.0914. The SMILES string of the molecule is O=c1cc(CN2CCC[C@@H]2c2noc(C3CC3)n2)nc2cc[nH]n12. The monoisotopic (exact) mass is 326 g/mol. The molecule has 0 bridgehead atoms. The standard InChI is InChI=1S/C16H18N6O2/c23-14-8-11(18-13-5-6-17-22(13)14)9-21-7-1-2-12(21)15-19-16(24-20-15)10-3-4-10/h5-6,8,10,12,17H,1-4,7,9H2/t12-/m1/s1. The lowest BCUT2D eigenvalue weighted by atomic mass is 10.2. The molecule has 3 aromatic rings. The molecule has 1 saturated heterocycles. The van der Waals surface area contributed by atoms with Crippen molar-refractivity contribution in [1.29, 1.82) is 0 Å². The molecule has 1 saturated carbocycles. The lowest BCUT2D eigenvalue weighted by Crippen LogP contribution is -2.26. The van der Waals surface area contributed by atoms with Crippen LogP contribution in [-0.4, -0.2) is 36.2 Å². The van der Waals surface area contributed by atoms with Gasteiger partial charge in [-0.05, 0) is 32.2 Å². The number of hydrogen-bond donors (Lipinski definition) is 1. The Hall–Kier alpha value is -2.48. The molecule has 1 aliphatic heterocycles. The molecule has 24 heavy (non-hydrogen) atoms. The number of rotatable bonds is 4. The molecule has 4 heterocycles. The van der Waals surface area contributed by atoms with Crippen LogP contribution < -0.4 is 5.56 Å². The van der Waals surface area contributed by atoms with Crippen LogP contribution >= 0.6 is 0 Å². The summed E-state index contributed by atoms with van der Waals surface area (Å²) < 4.78 is 6.84. The number of likely N-dealkylation sites (tertiary alicyclic amines) is 1. The number of aromatic nitrogens is 5. The fourth-order valence-electron chi connectivity index (χ4n) is 3.45. The van der Waals surface area contributed by atoms with Crippen molar-refractivity contribution < 1.29 is 4.52 Å². The minimum atomic E-state index is -0.0914. The summed E-state index contributed by atoms with van der Waals surface area (Å²) in [5.74, 6) is 2.02. The van der Waals surface area contributed by atoms with E-state index >= 15 is 0 Å². The number of aromatic amines is 1. The molecule has 124 valence electrons. The number of hydrogen-bond acceptors (Lipinski definition) is 6. The van der Waals surface area contributed by atoms with E-state index in [0.29, 0.717) is 18.1 Å². The van der Waals surface area contributed by atoms with Gasteiger partial charge in [0.15, 0.2) is 11.5 Å². The summed E-state index contributed by atoms with van der Waals surface area (Å²) in [6.45, 7) is 1.57. The molecular formula is C16H18N6O2. The third kappa shape index (κ3) is 2.34. The fourth-order valence-corrected chi connectivity index (χ4v) is 3.45. The fraction of sp³-hybridized carbons (Fsp3) is 0.500. The van der Waals surface area contributed by atoms with Gasteiger partial charge >= 0.3 is 0 Å². The zero-order valence-electron chi connectivity index (χ0n) is 13.2. The second kappa shape index (κ2) is 5.27. The first-order valence-electron chi connectivity index (χ1n) is 8.41. The zero-order valence-corrected chi connectivity index (χ0v) is 13.2. The van der Waals surface area contributed by atoms with Gasteiger partial charge in [-0.3, -0.25) is 14.8 Å². The zero-order chi connectivity index (χ0) is 16.1. The molecule has 8 heteroatoms. The maximum absolute atomic E-state index is 12.1. The Morgan fingerprint density at radius 2 is 2.21 bits per heavy atom. The molecule has 8 nitrogen and oxygen atoms in total. The highest BCUT2D eigenvalue weighted by Crippen LogP contribution is 2.40. The van der Waals surface area contributed by atoms with Crippen molar-refractivity contribution in [2.75, 3.05) is 6.54 Å². The Morgan fingerprint density at radius 1 is 1.29 bits per heavy atom. The van der Waals surface area contributed by atoms with Crippen molar-refractivity contribution in [3.8, 4) is 0 Å². The van der Waals surface area contributed by atoms with Crippen molar-refractivity contribution >= 4 is 5.65 Å². The Labute approximate surface area is 137 Å². The molecule has 1 N–H and O–H groups in total. The first-order chi connectivity index (χ1) is 11.8. The lowest BCUT2D eigenvalue weighted by molar-refractivity contribution is 0.231. The maximum Gasteiger partial charge on any atom is 0.272 e. The Morgan fingerprint density at radius 3 is 3.08 bits per heavy atom. The van der Waals surface area contributed by atoms with Crippen molar-refractivity contribution in [3.63, 3.8) is 0 Å². The molecule has 2 aliphatic rings. The molecule has 0 amide bonds. The third-order valence-corrected chi connectivity index (χ3v) is 4.84. The molecular weight excluding hydrogens is 308 g/mol. The van der Waals surface area contributed by atoms with Gasteiger partial charge in [0.1, 0.15) is 0 Å². The van der Waals surface area contributed by atoms with E-state index in [4.69, 9.17) is 4.52 Å². The second-order valence-electron chi connectivity index (χ2n) is 6.64. The summed E-state index contributed by atoms with van der Waals surface area (Å²) in [6.07, 6.45) is 6.12. The molecule has 0 radical (unpaired) electrons. The molecule has 1 atom stereocenters. The quantitative estimate of drug-likeness (QED) is 0.783. The molecule has 0 aromatic carbocycles. The van der Waals surface area contributed by atoms with Crippen LogP contribution in [0.3, 0.4) is 0 Å². The molecule has 0 spiro atoms. The van der Waals surface area contributed by atoms with Crippen LogP contribution in [0.5, 0.6) is 0 Å². The molecule has 3 aromatic heterocycles. The van der Waals surface area contributed by atoms with E-state index in [0.717, 1.165) is 49.6 Å². The summed E-state index contributed by atoms with van der Waals surface area (Å²) in [7, 11) is 0. The van der Waals surface area contributed by atoms with Crippen molar-refractivity contribution in [2.45, 2.75) is 44.2 Å². The van der Waals surface area contributed by atoms with Gasteiger partial charge in [0, 0.05) is 30.8 Å². The molecule has 0 unspecified atom stereocenters. The van der Waals surface area contributed by atoms with E-state index < -0.39 is 0 Å². The van der Waals surface area contributed by atoms with Crippen molar-refractivity contribution in [1.82, 2.24) is 29.6 Å². The highest BCUT2D eigenvalue weighted by Gasteiger charge is 2.34. The average molecular weight is 326 g/mol. The van der Waals surface area contributed by atoms with E-state index in [-0.39, 0.29) is 11.6 Å². The molecule has 5 rings (SSSR count). The van der Waals surface area contributed by atoms with Crippen LogP contribution in [0.4, 0.5) is 0 Å². The summed E-state index contributed by atoms with van der Waals surface area (Å²) in [4.78, 5) is 23.5. The van der Waals surface area contributed by atoms with Gasteiger partial charge in [-0.2, -0.15) is 4.98 Å². The summed E-state index contributed by atoms with van der Waals surface area (Å²) in [5, 5.41) is 7.05. The van der Waals surface area contributed by atoms with Crippen molar-refractivity contribution in [2.24, 2.45) is 0 Å². The maximum atomic E-state index is 12.1. The van der Waals surface area contributed by atoms with Gasteiger partial charge in [-0.1, -0.05) is 5.16 Å². The van der Waals surface area contributed by atoms with Crippen LogP contribution in [0.15, 0.2) is 27.6 Å². The van der Waals surface area contributed by atoms with Crippen LogP contribution in [0.1, 0.15) is 55.1 Å². The predicted molar refractivity (Wildman–Crippen MR) is 84.5 cm³/mol. The lowest BCUT2D eigenvalue weighted by Gasteiger charge is -2.21. The number of H-pyrrole nitrogens is 1. The average Bonchev–Trinajstić information content (AvgIpc) is 3.00. The molecule has 1 aliphatic carbocycles. The van der Waals surface area contributed by atoms with Crippen LogP contribution in [-0.2, 0) is 6.54 Å². The van der Waals surface area contributed by atoms with Gasteiger partial charge < -0.3 is 4.52 Å². The number of fused-ring (bicyclic) bond motifs is 1. The van der Waals surface area contributed by atoms with Crippen LogP contribution in [0.2, 0.25) is 0 Å². The van der Waals surface area contributed by atoms with Gasteiger partial charge in [0.2, 0.25) is 5.89 Å². The van der Waals surface area contributed by atoms with E-state index in [2.05, 4.69) is 25.1 Å². The van der Waals surface area contributed by atoms with Crippen molar-refractivity contribution in [3.05, 3.63) is 46.1 Å². The first-order valence-corrected chi connectivity index (χ1v) is 8.41. The highest BCUT2D eigenvalue weighted by atomic mass is 16.5. The number of nitrogens with one attached hydrogen (secondary N) is 1. The van der Waals surface area contributed by atoms with Gasteiger partial charge in [-0.25, -0.2) is 9.50 Å². The van der Waals surface area contributed by atoms with Crippen LogP contribution in [0, 0.1) is 0 Å². The summed E-state index contributed by atoms with van der Waals surface area (Å²) in [5.41, 5.74) is 1.33. The Balaban J connectivity index is 1.40. The summed E-state index contributed by atoms with van der Waals surface area (Å²) in [6, 6.07) is 3.53. The highest BCUT2D eigenvalue weighted by molar-refractivity contribution is 5.36. The first kappa shape index (κ1) is 13.9. The summed E-state index contributed by atoms with van der Waals surface area (Å²) >= 11 is 0. The second-order valence-corrected chi connectivity index (χ2v) is 6.64. The predicted octanol–water partition coefficient (Wildman–Crippen LogP) is 1.62. The minimum Gasteiger partial charge on any atom is -0.339 e. The van der Waals surface area contributed by atoms with Gasteiger partial charge in [-0.15, -0.1) is 0 Å². The Bertz CT molecular complexity index is 937. The van der Waals surface area contributed by atoms with Gasteiger partial charge in [0.25, 0.3) is 5.56 Å². The van der Waals surface area contributed by atoms with E-state index in [1.54, 1.807) is 18.3 Å².